The number of rotatable bonds is 5. The molecule has 6 nitrogen and oxygen atoms in total. The number of aromatic nitrogens is 3. The molecule has 1 aromatic carbocycles. The van der Waals surface area contributed by atoms with Gasteiger partial charge in [0.05, 0.1) is 12.2 Å². The maximum Gasteiger partial charge on any atom is 0.252 e. The maximum atomic E-state index is 8.90. The number of aryl methyl sites for hydroxylation is 1. The van der Waals surface area contributed by atoms with Gasteiger partial charge in [-0.15, -0.1) is 5.10 Å². The van der Waals surface area contributed by atoms with E-state index in [9.17, 15) is 0 Å². The van der Waals surface area contributed by atoms with Crippen LogP contribution in [-0.4, -0.2) is 21.4 Å². The van der Waals surface area contributed by atoms with E-state index < -0.39 is 0 Å². The van der Waals surface area contributed by atoms with Crippen molar-refractivity contribution >= 4 is 0 Å². The van der Waals surface area contributed by atoms with Gasteiger partial charge in [0.25, 0.3) is 5.82 Å². The van der Waals surface area contributed by atoms with Crippen molar-refractivity contribution in [3.05, 3.63) is 42.0 Å². The molecule has 0 aliphatic carbocycles. The lowest BCUT2D eigenvalue weighted by atomic mass is 10.2. The molecular weight excluding hydrogens is 242 g/mol. The van der Waals surface area contributed by atoms with Gasteiger partial charge in [0.15, 0.2) is 0 Å². The van der Waals surface area contributed by atoms with E-state index in [4.69, 9.17) is 15.3 Å². The summed E-state index contributed by atoms with van der Waals surface area (Å²) in [5.74, 6) is 0.747. The van der Waals surface area contributed by atoms with Crippen molar-refractivity contribution in [2.45, 2.75) is 13.0 Å². The smallest absolute Gasteiger partial charge is 0.252 e. The second-order valence-electron chi connectivity index (χ2n) is 3.75. The van der Waals surface area contributed by atoms with Gasteiger partial charge in [0.1, 0.15) is 24.2 Å². The molecule has 0 saturated heterocycles. The summed E-state index contributed by atoms with van der Waals surface area (Å²) in [5.41, 5.74) is 0.523. The summed E-state index contributed by atoms with van der Waals surface area (Å²) in [4.78, 5) is 3.81. The highest BCUT2D eigenvalue weighted by atomic mass is 16.5. The van der Waals surface area contributed by atoms with E-state index >= 15 is 0 Å². The summed E-state index contributed by atoms with van der Waals surface area (Å²) in [6.45, 7) is 1.09. The zero-order valence-corrected chi connectivity index (χ0v) is 10.2. The quantitative estimate of drug-likeness (QED) is 0.753. The summed E-state index contributed by atoms with van der Waals surface area (Å²) >= 11 is 0. The van der Waals surface area contributed by atoms with Gasteiger partial charge in [0, 0.05) is 13.0 Å². The lowest BCUT2D eigenvalue weighted by molar-refractivity contribution is 0.298. The molecule has 6 heteroatoms. The van der Waals surface area contributed by atoms with Gasteiger partial charge in [-0.05, 0) is 12.1 Å². The van der Waals surface area contributed by atoms with Crippen LogP contribution in [0.5, 0.6) is 5.75 Å². The number of nitriles is 2. The fraction of sp³-hybridized carbons (Fsp3) is 0.231. The van der Waals surface area contributed by atoms with E-state index in [-0.39, 0.29) is 5.82 Å². The van der Waals surface area contributed by atoms with E-state index in [1.54, 1.807) is 22.9 Å². The highest BCUT2D eigenvalue weighted by Crippen LogP contribution is 2.16. The summed E-state index contributed by atoms with van der Waals surface area (Å²) in [6.07, 6.45) is 2.23. The van der Waals surface area contributed by atoms with Crippen LogP contribution >= 0.6 is 0 Å². The highest BCUT2D eigenvalue weighted by molar-refractivity contribution is 5.42. The normalized spacial score (nSPS) is 9.58. The molecule has 0 amide bonds. The monoisotopic (exact) mass is 253 g/mol. The van der Waals surface area contributed by atoms with Crippen molar-refractivity contribution in [3.8, 4) is 17.9 Å². The topological polar surface area (TPSA) is 87.5 Å². The molecule has 1 heterocycles. The zero-order valence-electron chi connectivity index (χ0n) is 10.2. The number of ether oxygens (including phenoxy) is 1. The van der Waals surface area contributed by atoms with Gasteiger partial charge < -0.3 is 4.74 Å². The van der Waals surface area contributed by atoms with Crippen molar-refractivity contribution in [1.82, 2.24) is 14.8 Å². The van der Waals surface area contributed by atoms with Gasteiger partial charge in [-0.1, -0.05) is 12.1 Å². The van der Waals surface area contributed by atoms with Crippen LogP contribution < -0.4 is 4.74 Å². The van der Waals surface area contributed by atoms with Crippen molar-refractivity contribution < 1.29 is 4.74 Å². The van der Waals surface area contributed by atoms with Gasteiger partial charge >= 0.3 is 0 Å². The average Bonchev–Trinajstić information content (AvgIpc) is 2.92. The number of nitrogens with zero attached hydrogens (tertiary/aromatic N) is 5. The zero-order chi connectivity index (χ0) is 13.5. The Hall–Kier alpha value is -2.86. The van der Waals surface area contributed by atoms with E-state index in [1.807, 2.05) is 12.1 Å². The van der Waals surface area contributed by atoms with Crippen LogP contribution in [0.3, 0.4) is 0 Å². The van der Waals surface area contributed by atoms with E-state index in [0.717, 1.165) is 0 Å². The highest BCUT2D eigenvalue weighted by Gasteiger charge is 2.02. The Balaban J connectivity index is 1.81. The third kappa shape index (κ3) is 3.30. The molecule has 94 valence electrons. The Labute approximate surface area is 110 Å². The van der Waals surface area contributed by atoms with Gasteiger partial charge in [0.2, 0.25) is 0 Å². The Morgan fingerprint density at radius 2 is 2.05 bits per heavy atom. The molecule has 1 aromatic heterocycles. The molecule has 2 rings (SSSR count). The largest absolute Gasteiger partial charge is 0.492 e. The van der Waals surface area contributed by atoms with Gasteiger partial charge in [-0.3, -0.25) is 4.68 Å². The second kappa shape index (κ2) is 6.18. The van der Waals surface area contributed by atoms with Gasteiger partial charge in [-0.2, -0.15) is 10.5 Å². The molecule has 0 aliphatic rings. The van der Waals surface area contributed by atoms with Crippen LogP contribution in [0.1, 0.15) is 17.8 Å². The van der Waals surface area contributed by atoms with Crippen molar-refractivity contribution in [2.24, 2.45) is 0 Å². The lowest BCUT2D eigenvalue weighted by Crippen LogP contribution is -2.05. The van der Waals surface area contributed by atoms with Crippen LogP contribution in [0.2, 0.25) is 0 Å². The number of hydrogen-bond acceptors (Lipinski definition) is 5. The first-order chi connectivity index (χ1) is 9.33. The first kappa shape index (κ1) is 12.6. The lowest BCUT2D eigenvalue weighted by Gasteiger charge is -2.07. The van der Waals surface area contributed by atoms with Crippen LogP contribution in [0.4, 0.5) is 0 Å². The Kier molecular flexibility index (Phi) is 4.09. The average molecular weight is 253 g/mol. The Morgan fingerprint density at radius 3 is 2.79 bits per heavy atom. The van der Waals surface area contributed by atoms with Crippen molar-refractivity contribution in [2.75, 3.05) is 6.61 Å². The maximum absolute atomic E-state index is 8.90. The molecule has 2 aromatic rings. The molecule has 0 N–H and O–H groups in total. The molecular formula is C13H11N5O. The minimum absolute atomic E-state index is 0.163. The van der Waals surface area contributed by atoms with Crippen LogP contribution in [0, 0.1) is 22.7 Å². The first-order valence-corrected chi connectivity index (χ1v) is 5.75. The van der Waals surface area contributed by atoms with Gasteiger partial charge in [-0.25, -0.2) is 4.98 Å². The molecule has 0 saturated carbocycles. The number of hydrogen-bond donors (Lipinski definition) is 0. The summed E-state index contributed by atoms with van der Waals surface area (Å²) in [5, 5.41) is 21.4. The molecule has 19 heavy (non-hydrogen) atoms. The predicted molar refractivity (Wildman–Crippen MR) is 66.0 cm³/mol. The van der Waals surface area contributed by atoms with Crippen molar-refractivity contribution in [1.29, 1.82) is 10.5 Å². The number of para-hydroxylation sites is 1. The SMILES string of the molecule is N#Cc1ncn(CCCOc2ccccc2C#N)n1. The molecule has 0 atom stereocenters. The molecule has 0 aliphatic heterocycles. The molecule has 0 bridgehead atoms. The predicted octanol–water partition coefficient (Wildman–Crippen LogP) is 1.49. The molecule has 0 spiro atoms. The molecule has 0 unspecified atom stereocenters. The van der Waals surface area contributed by atoms with Crippen LogP contribution in [-0.2, 0) is 6.54 Å². The van der Waals surface area contributed by atoms with E-state index in [0.29, 0.717) is 30.9 Å². The van der Waals surface area contributed by atoms with E-state index in [1.165, 1.54) is 6.33 Å². The van der Waals surface area contributed by atoms with Crippen LogP contribution in [0.15, 0.2) is 30.6 Å². The minimum Gasteiger partial charge on any atom is -0.492 e. The summed E-state index contributed by atoms with van der Waals surface area (Å²) in [6, 6.07) is 11.0. The summed E-state index contributed by atoms with van der Waals surface area (Å²) in [7, 11) is 0. The fourth-order valence-corrected chi connectivity index (χ4v) is 1.55. The minimum atomic E-state index is 0.163. The fourth-order valence-electron chi connectivity index (χ4n) is 1.55. The molecule has 0 fully saturated rings. The third-order valence-electron chi connectivity index (χ3n) is 2.43. The molecule has 0 radical (unpaired) electrons. The van der Waals surface area contributed by atoms with Crippen LogP contribution in [0.25, 0.3) is 0 Å². The first-order valence-electron chi connectivity index (χ1n) is 5.75. The second-order valence-corrected chi connectivity index (χ2v) is 3.75. The number of benzene rings is 1. The Bertz CT molecular complexity index is 635. The third-order valence-corrected chi connectivity index (χ3v) is 2.43. The Morgan fingerprint density at radius 1 is 1.21 bits per heavy atom. The van der Waals surface area contributed by atoms with E-state index in [2.05, 4.69) is 16.2 Å². The summed E-state index contributed by atoms with van der Waals surface area (Å²) < 4.78 is 7.13. The van der Waals surface area contributed by atoms with Crippen molar-refractivity contribution in [3.63, 3.8) is 0 Å². The standard InChI is InChI=1S/C13H11N5O/c14-8-11-4-1-2-5-12(11)19-7-3-6-18-10-16-13(9-15)17-18/h1-2,4-5,10H,3,6-7H2.